The monoisotopic (exact) mass is 439 g/mol. The van der Waals surface area contributed by atoms with E-state index >= 15 is 0 Å². The molecule has 1 aliphatic rings. The van der Waals surface area contributed by atoms with E-state index in [9.17, 15) is 0 Å². The summed E-state index contributed by atoms with van der Waals surface area (Å²) in [6, 6.07) is 8.12. The van der Waals surface area contributed by atoms with Gasteiger partial charge in [0.05, 0.1) is 19.9 Å². The lowest BCUT2D eigenvalue weighted by molar-refractivity contribution is 0.351. The summed E-state index contributed by atoms with van der Waals surface area (Å²) in [4.78, 5) is 4.55. The van der Waals surface area contributed by atoms with Crippen molar-refractivity contribution in [1.82, 2.24) is 24.6 Å². The number of benzene rings is 1. The lowest BCUT2D eigenvalue weighted by Crippen LogP contribution is -2.11. The largest absolute Gasteiger partial charge is 0.493 e. The summed E-state index contributed by atoms with van der Waals surface area (Å²) < 4.78 is 15.2. The molecule has 1 aromatic carbocycles. The van der Waals surface area contributed by atoms with Crippen molar-refractivity contribution in [3.05, 3.63) is 47.9 Å². The Kier molecular flexibility index (Phi) is 8.37. The second-order valence-electron chi connectivity index (χ2n) is 6.62. The number of nitrogens with one attached hydrogen (secondary N) is 1. The third-order valence-electron chi connectivity index (χ3n) is 4.94. The average molecular weight is 440 g/mol. The normalized spacial score (nSPS) is 12.9. The zero-order valence-corrected chi connectivity index (χ0v) is 18.3. The maximum atomic E-state index is 5.55. The summed E-state index contributed by atoms with van der Waals surface area (Å²) in [7, 11) is 3.34. The van der Waals surface area contributed by atoms with Crippen LogP contribution in [0, 0.1) is 0 Å². The minimum Gasteiger partial charge on any atom is -0.493 e. The SMILES string of the molecule is COc1cccc(CCn2ccnc2-c2cc3n(n2)CCCNC3)c1OC.Cl.Cl. The zero-order chi connectivity index (χ0) is 18.6. The van der Waals surface area contributed by atoms with E-state index in [1.165, 1.54) is 5.69 Å². The Balaban J connectivity index is 0.00000150. The Morgan fingerprint density at radius 3 is 2.83 bits per heavy atom. The van der Waals surface area contributed by atoms with Gasteiger partial charge >= 0.3 is 0 Å². The Bertz CT molecular complexity index is 902. The van der Waals surface area contributed by atoms with Crippen LogP contribution >= 0.6 is 24.8 Å². The molecule has 3 aromatic rings. The smallest absolute Gasteiger partial charge is 0.163 e. The number of hydrogen-bond donors (Lipinski definition) is 1. The fourth-order valence-corrected chi connectivity index (χ4v) is 3.59. The van der Waals surface area contributed by atoms with Crippen molar-refractivity contribution in [3.63, 3.8) is 0 Å². The minimum absolute atomic E-state index is 0. The van der Waals surface area contributed by atoms with Gasteiger partial charge in [-0.15, -0.1) is 24.8 Å². The second kappa shape index (κ2) is 10.5. The lowest BCUT2D eigenvalue weighted by Gasteiger charge is -2.13. The molecule has 9 heteroatoms. The van der Waals surface area contributed by atoms with Crippen LogP contribution in [0.2, 0.25) is 0 Å². The molecule has 0 unspecified atom stereocenters. The van der Waals surface area contributed by atoms with Gasteiger partial charge in [0.15, 0.2) is 17.3 Å². The Labute approximate surface area is 183 Å². The highest BCUT2D eigenvalue weighted by atomic mass is 35.5. The highest BCUT2D eigenvalue weighted by Crippen LogP contribution is 2.31. The molecule has 1 aliphatic heterocycles. The van der Waals surface area contributed by atoms with Gasteiger partial charge < -0.3 is 19.4 Å². The van der Waals surface area contributed by atoms with E-state index in [0.717, 1.165) is 67.6 Å². The predicted octanol–water partition coefficient (Wildman–Crippen LogP) is 3.34. The van der Waals surface area contributed by atoms with Gasteiger partial charge in [0, 0.05) is 32.0 Å². The average Bonchev–Trinajstić information content (AvgIpc) is 3.27. The van der Waals surface area contributed by atoms with Crippen molar-refractivity contribution in [2.24, 2.45) is 0 Å². The molecule has 0 radical (unpaired) electrons. The molecular formula is C20H27Cl2N5O2. The van der Waals surface area contributed by atoms with Gasteiger partial charge in [0.25, 0.3) is 0 Å². The first-order valence-corrected chi connectivity index (χ1v) is 9.29. The number of fused-ring (bicyclic) bond motifs is 1. The number of imidazole rings is 1. The van der Waals surface area contributed by atoms with E-state index in [1.807, 2.05) is 24.5 Å². The summed E-state index contributed by atoms with van der Waals surface area (Å²) in [5.74, 6) is 2.45. The fraction of sp³-hybridized carbons (Fsp3) is 0.400. The number of aromatic nitrogens is 4. The Morgan fingerprint density at radius 2 is 2.03 bits per heavy atom. The van der Waals surface area contributed by atoms with E-state index < -0.39 is 0 Å². The molecular weight excluding hydrogens is 413 g/mol. The molecule has 4 rings (SSSR count). The summed E-state index contributed by atoms with van der Waals surface area (Å²) in [5.41, 5.74) is 3.25. The van der Waals surface area contributed by atoms with Crippen molar-refractivity contribution < 1.29 is 9.47 Å². The van der Waals surface area contributed by atoms with Crippen molar-refractivity contribution in [3.8, 4) is 23.0 Å². The van der Waals surface area contributed by atoms with Crippen LogP contribution in [0.1, 0.15) is 17.7 Å². The van der Waals surface area contributed by atoms with Crippen molar-refractivity contribution >= 4 is 24.8 Å². The molecule has 0 saturated heterocycles. The van der Waals surface area contributed by atoms with Crippen LogP contribution in [0.25, 0.3) is 11.5 Å². The molecule has 2 aromatic heterocycles. The van der Waals surface area contributed by atoms with Gasteiger partial charge in [0.1, 0.15) is 5.69 Å². The van der Waals surface area contributed by atoms with Gasteiger partial charge in [-0.05, 0) is 37.1 Å². The van der Waals surface area contributed by atoms with Crippen molar-refractivity contribution in [2.45, 2.75) is 32.5 Å². The standard InChI is InChI=1S/C20H25N5O2.2ClH/c1-26-18-6-3-5-15(19(18)27-2)7-11-24-12-9-22-20(24)17-13-16-14-21-8-4-10-25(16)23-17;;/h3,5-6,9,12-13,21H,4,7-8,10-11,14H2,1-2H3;2*1H. The van der Waals surface area contributed by atoms with Crippen LogP contribution in [0.15, 0.2) is 36.7 Å². The number of ether oxygens (including phenoxy) is 2. The summed E-state index contributed by atoms with van der Waals surface area (Å²) in [6.07, 6.45) is 5.75. The number of methoxy groups -OCH3 is 2. The van der Waals surface area contributed by atoms with Gasteiger partial charge in [-0.1, -0.05) is 12.1 Å². The van der Waals surface area contributed by atoms with E-state index in [2.05, 4.69) is 31.7 Å². The van der Waals surface area contributed by atoms with Crippen LogP contribution in [0.4, 0.5) is 0 Å². The lowest BCUT2D eigenvalue weighted by atomic mass is 10.1. The van der Waals surface area contributed by atoms with E-state index in [0.29, 0.717) is 0 Å². The highest BCUT2D eigenvalue weighted by Gasteiger charge is 2.16. The first kappa shape index (κ1) is 23.1. The van der Waals surface area contributed by atoms with E-state index in [1.54, 1.807) is 14.2 Å². The molecule has 0 fully saturated rings. The van der Waals surface area contributed by atoms with Crippen LogP contribution < -0.4 is 14.8 Å². The van der Waals surface area contributed by atoms with Gasteiger partial charge in [0.2, 0.25) is 0 Å². The maximum Gasteiger partial charge on any atom is 0.163 e. The highest BCUT2D eigenvalue weighted by molar-refractivity contribution is 5.85. The molecule has 3 heterocycles. The van der Waals surface area contributed by atoms with Crippen LogP contribution in [-0.2, 0) is 26.1 Å². The first-order valence-electron chi connectivity index (χ1n) is 9.29. The molecule has 158 valence electrons. The molecule has 0 saturated carbocycles. The minimum atomic E-state index is 0. The van der Waals surface area contributed by atoms with Crippen LogP contribution in [-0.4, -0.2) is 40.1 Å². The van der Waals surface area contributed by atoms with Gasteiger partial charge in [-0.2, -0.15) is 5.10 Å². The summed E-state index contributed by atoms with van der Waals surface area (Å²) in [5, 5.41) is 8.21. The van der Waals surface area contributed by atoms with Crippen LogP contribution in [0.3, 0.4) is 0 Å². The molecule has 0 aliphatic carbocycles. The number of halogens is 2. The Morgan fingerprint density at radius 1 is 1.17 bits per heavy atom. The molecule has 0 amide bonds. The number of para-hydroxylation sites is 1. The summed E-state index contributed by atoms with van der Waals surface area (Å²) >= 11 is 0. The number of rotatable bonds is 6. The number of aryl methyl sites for hydroxylation is 3. The van der Waals surface area contributed by atoms with Gasteiger partial charge in [-0.3, -0.25) is 4.68 Å². The number of nitrogens with zero attached hydrogens (tertiary/aromatic N) is 4. The zero-order valence-electron chi connectivity index (χ0n) is 16.6. The maximum absolute atomic E-state index is 5.55. The quantitative estimate of drug-likeness (QED) is 0.637. The fourth-order valence-electron chi connectivity index (χ4n) is 3.59. The van der Waals surface area contributed by atoms with Crippen molar-refractivity contribution in [1.29, 1.82) is 0 Å². The van der Waals surface area contributed by atoms with Crippen molar-refractivity contribution in [2.75, 3.05) is 20.8 Å². The molecule has 7 nitrogen and oxygen atoms in total. The summed E-state index contributed by atoms with van der Waals surface area (Å²) in [6.45, 7) is 3.63. The molecule has 0 bridgehead atoms. The first-order chi connectivity index (χ1) is 13.3. The van der Waals surface area contributed by atoms with E-state index in [-0.39, 0.29) is 24.8 Å². The third-order valence-corrected chi connectivity index (χ3v) is 4.94. The number of hydrogen-bond acceptors (Lipinski definition) is 5. The Hall–Kier alpha value is -2.22. The van der Waals surface area contributed by atoms with Crippen LogP contribution in [0.5, 0.6) is 11.5 Å². The topological polar surface area (TPSA) is 66.1 Å². The van der Waals surface area contributed by atoms with Gasteiger partial charge in [-0.25, -0.2) is 4.98 Å². The second-order valence-corrected chi connectivity index (χ2v) is 6.62. The molecule has 0 spiro atoms. The third kappa shape index (κ3) is 4.86. The van der Waals surface area contributed by atoms with E-state index in [4.69, 9.17) is 14.6 Å². The molecule has 0 atom stereocenters. The molecule has 1 N–H and O–H groups in total. The predicted molar refractivity (Wildman–Crippen MR) is 118 cm³/mol. The molecule has 29 heavy (non-hydrogen) atoms.